The number of rotatable bonds is 7. The Bertz CT molecular complexity index is 610. The molecule has 2 aromatic heterocycles. The summed E-state index contributed by atoms with van der Waals surface area (Å²) in [6, 6.07) is 4.10. The first-order valence-corrected chi connectivity index (χ1v) is 10.0. The molecule has 1 N–H and O–H groups in total. The van der Waals surface area contributed by atoms with Crippen LogP contribution in [0, 0.1) is 5.92 Å². The Labute approximate surface area is 150 Å². The first kappa shape index (κ1) is 17.5. The Morgan fingerprint density at radius 3 is 2.88 bits per heavy atom. The standard InChI is InChI=1S/C17H23N3O2S2/c1-13(12-20-5-7-22-8-6-20)16(21)19-15(17-18-4-10-24-17)11-14-3-2-9-23-14/h2-4,9-10,13,15H,5-8,11-12H2,1H3,(H,19,21)/t13-,15+/m1/s1. The molecule has 7 heteroatoms. The summed E-state index contributed by atoms with van der Waals surface area (Å²) in [6.07, 6.45) is 2.59. The minimum Gasteiger partial charge on any atom is -0.379 e. The van der Waals surface area contributed by atoms with E-state index in [1.165, 1.54) is 4.88 Å². The lowest BCUT2D eigenvalue weighted by atomic mass is 10.1. The number of nitrogens with one attached hydrogen (secondary N) is 1. The van der Waals surface area contributed by atoms with Crippen LogP contribution in [0.3, 0.4) is 0 Å². The molecule has 2 aromatic rings. The molecule has 0 bridgehead atoms. The average Bonchev–Trinajstić information content (AvgIpc) is 3.28. The third-order valence-corrected chi connectivity index (χ3v) is 5.92. The Balaban J connectivity index is 1.59. The summed E-state index contributed by atoms with van der Waals surface area (Å²) < 4.78 is 5.37. The molecule has 1 saturated heterocycles. The zero-order valence-electron chi connectivity index (χ0n) is 13.8. The second-order valence-electron chi connectivity index (χ2n) is 6.03. The van der Waals surface area contributed by atoms with E-state index in [1.54, 1.807) is 28.9 Å². The van der Waals surface area contributed by atoms with E-state index in [1.807, 2.05) is 18.4 Å². The van der Waals surface area contributed by atoms with E-state index in [9.17, 15) is 4.79 Å². The number of amides is 1. The molecule has 0 unspecified atom stereocenters. The second-order valence-corrected chi connectivity index (χ2v) is 7.99. The molecule has 130 valence electrons. The van der Waals surface area contributed by atoms with E-state index in [-0.39, 0.29) is 17.9 Å². The van der Waals surface area contributed by atoms with Crippen LogP contribution in [-0.2, 0) is 16.0 Å². The predicted molar refractivity (Wildman–Crippen MR) is 97.4 cm³/mol. The highest BCUT2D eigenvalue weighted by Crippen LogP contribution is 2.23. The number of hydrogen-bond acceptors (Lipinski definition) is 6. The van der Waals surface area contributed by atoms with Crippen LogP contribution in [0.4, 0.5) is 0 Å². The maximum Gasteiger partial charge on any atom is 0.224 e. The Hall–Kier alpha value is -1.28. The molecule has 24 heavy (non-hydrogen) atoms. The summed E-state index contributed by atoms with van der Waals surface area (Å²) >= 11 is 3.31. The molecule has 0 aromatic carbocycles. The number of ether oxygens (including phenoxy) is 1. The van der Waals surface area contributed by atoms with Crippen molar-refractivity contribution in [2.75, 3.05) is 32.8 Å². The summed E-state index contributed by atoms with van der Waals surface area (Å²) in [4.78, 5) is 20.6. The summed E-state index contributed by atoms with van der Waals surface area (Å²) in [5.74, 6) is 0.0483. The predicted octanol–water partition coefficient (Wildman–Crippen LogP) is 2.57. The second kappa shape index (κ2) is 8.71. The summed E-state index contributed by atoms with van der Waals surface area (Å²) in [6.45, 7) is 6.10. The zero-order valence-corrected chi connectivity index (χ0v) is 15.4. The Morgan fingerprint density at radius 1 is 1.38 bits per heavy atom. The Kier molecular flexibility index (Phi) is 6.37. The smallest absolute Gasteiger partial charge is 0.224 e. The van der Waals surface area contributed by atoms with Gasteiger partial charge in [0.2, 0.25) is 5.91 Å². The molecule has 0 radical (unpaired) electrons. The van der Waals surface area contributed by atoms with Crippen LogP contribution in [0.5, 0.6) is 0 Å². The van der Waals surface area contributed by atoms with Gasteiger partial charge in [-0.05, 0) is 11.4 Å². The topological polar surface area (TPSA) is 54.5 Å². The van der Waals surface area contributed by atoms with Crippen molar-refractivity contribution in [1.82, 2.24) is 15.2 Å². The van der Waals surface area contributed by atoms with E-state index in [0.717, 1.165) is 44.3 Å². The van der Waals surface area contributed by atoms with Gasteiger partial charge in [0, 0.05) is 48.4 Å². The van der Waals surface area contributed by atoms with E-state index in [4.69, 9.17) is 4.74 Å². The molecule has 3 rings (SSSR count). The molecule has 2 atom stereocenters. The van der Waals surface area contributed by atoms with Crippen molar-refractivity contribution >= 4 is 28.6 Å². The van der Waals surface area contributed by atoms with Crippen LogP contribution >= 0.6 is 22.7 Å². The third kappa shape index (κ3) is 4.86. The van der Waals surface area contributed by atoms with Crippen LogP contribution in [0.2, 0.25) is 0 Å². The molecular weight excluding hydrogens is 342 g/mol. The van der Waals surface area contributed by atoms with Gasteiger partial charge in [0.1, 0.15) is 5.01 Å². The van der Waals surface area contributed by atoms with E-state index in [0.29, 0.717) is 0 Å². The van der Waals surface area contributed by atoms with Crippen molar-refractivity contribution in [1.29, 1.82) is 0 Å². The van der Waals surface area contributed by atoms with Crippen molar-refractivity contribution in [2.45, 2.75) is 19.4 Å². The molecule has 0 aliphatic carbocycles. The van der Waals surface area contributed by atoms with Gasteiger partial charge in [0.05, 0.1) is 19.3 Å². The fourth-order valence-electron chi connectivity index (χ4n) is 2.80. The number of thiazole rings is 1. The zero-order chi connectivity index (χ0) is 16.8. The highest BCUT2D eigenvalue weighted by Gasteiger charge is 2.23. The van der Waals surface area contributed by atoms with Crippen molar-refractivity contribution in [2.24, 2.45) is 5.92 Å². The summed E-state index contributed by atoms with van der Waals surface area (Å²) in [7, 11) is 0. The monoisotopic (exact) mass is 365 g/mol. The minimum atomic E-state index is -0.0525. The van der Waals surface area contributed by atoms with Gasteiger partial charge in [0.15, 0.2) is 0 Å². The molecule has 3 heterocycles. The first-order valence-electron chi connectivity index (χ1n) is 8.24. The maximum atomic E-state index is 12.7. The van der Waals surface area contributed by atoms with Gasteiger partial charge in [-0.15, -0.1) is 22.7 Å². The van der Waals surface area contributed by atoms with Crippen LogP contribution in [-0.4, -0.2) is 48.6 Å². The van der Waals surface area contributed by atoms with Gasteiger partial charge >= 0.3 is 0 Å². The van der Waals surface area contributed by atoms with Gasteiger partial charge in [-0.3, -0.25) is 9.69 Å². The highest BCUT2D eigenvalue weighted by molar-refractivity contribution is 7.10. The summed E-state index contributed by atoms with van der Waals surface area (Å²) in [5.41, 5.74) is 0. The molecule has 0 saturated carbocycles. The molecule has 1 fully saturated rings. The van der Waals surface area contributed by atoms with Gasteiger partial charge < -0.3 is 10.1 Å². The lowest BCUT2D eigenvalue weighted by Crippen LogP contribution is -2.43. The SMILES string of the molecule is C[C@H](CN1CCOCC1)C(=O)N[C@@H](Cc1cccs1)c1nccs1. The van der Waals surface area contributed by atoms with Gasteiger partial charge in [-0.2, -0.15) is 0 Å². The normalized spacial score (nSPS) is 18.2. The molecule has 1 aliphatic heterocycles. The third-order valence-electron chi connectivity index (χ3n) is 4.13. The number of carbonyl (C=O) groups excluding carboxylic acids is 1. The largest absolute Gasteiger partial charge is 0.379 e. The van der Waals surface area contributed by atoms with Crippen molar-refractivity contribution in [3.8, 4) is 0 Å². The molecule has 0 spiro atoms. The number of thiophene rings is 1. The Morgan fingerprint density at radius 2 is 2.21 bits per heavy atom. The number of carbonyl (C=O) groups is 1. The van der Waals surface area contributed by atoms with Crippen molar-refractivity contribution in [3.05, 3.63) is 39.0 Å². The molecule has 1 aliphatic rings. The lowest BCUT2D eigenvalue weighted by molar-refractivity contribution is -0.126. The van der Waals surface area contributed by atoms with E-state index >= 15 is 0 Å². The fourth-order valence-corrected chi connectivity index (χ4v) is 4.25. The first-order chi connectivity index (χ1) is 11.7. The number of hydrogen-bond donors (Lipinski definition) is 1. The minimum absolute atomic E-state index is 0.0473. The quantitative estimate of drug-likeness (QED) is 0.819. The number of aromatic nitrogens is 1. The maximum absolute atomic E-state index is 12.7. The molecular formula is C17H23N3O2S2. The van der Waals surface area contributed by atoms with Crippen LogP contribution in [0.25, 0.3) is 0 Å². The van der Waals surface area contributed by atoms with Crippen molar-refractivity contribution in [3.63, 3.8) is 0 Å². The van der Waals surface area contributed by atoms with Crippen molar-refractivity contribution < 1.29 is 9.53 Å². The fraction of sp³-hybridized carbons (Fsp3) is 0.529. The van der Waals surface area contributed by atoms with Gasteiger partial charge in [-0.1, -0.05) is 13.0 Å². The molecule has 1 amide bonds. The van der Waals surface area contributed by atoms with E-state index < -0.39 is 0 Å². The highest BCUT2D eigenvalue weighted by atomic mass is 32.1. The van der Waals surface area contributed by atoms with Crippen LogP contribution in [0.1, 0.15) is 22.9 Å². The van der Waals surface area contributed by atoms with Crippen LogP contribution in [0.15, 0.2) is 29.1 Å². The average molecular weight is 366 g/mol. The summed E-state index contributed by atoms with van der Waals surface area (Å²) in [5, 5.41) is 8.20. The number of nitrogens with zero attached hydrogens (tertiary/aromatic N) is 2. The van der Waals surface area contributed by atoms with E-state index in [2.05, 4.69) is 26.6 Å². The lowest BCUT2D eigenvalue weighted by Gasteiger charge is -2.29. The van der Waals surface area contributed by atoms with Crippen LogP contribution < -0.4 is 5.32 Å². The van der Waals surface area contributed by atoms with Gasteiger partial charge in [0.25, 0.3) is 0 Å². The molecule has 5 nitrogen and oxygen atoms in total. The number of morpholine rings is 1. The van der Waals surface area contributed by atoms with Gasteiger partial charge in [-0.25, -0.2) is 4.98 Å².